The van der Waals surface area contributed by atoms with Gasteiger partial charge in [0.2, 0.25) is 10.9 Å². The molecule has 0 spiro atoms. The summed E-state index contributed by atoms with van der Waals surface area (Å²) in [6.45, 7) is 4.01. The van der Waals surface area contributed by atoms with Crippen molar-refractivity contribution in [3.05, 3.63) is 86.2 Å². The van der Waals surface area contributed by atoms with Crippen LogP contribution >= 0.6 is 11.3 Å². The van der Waals surface area contributed by atoms with Crippen LogP contribution < -0.4 is 10.3 Å². The number of hydrogen-bond donors (Lipinski definition) is 0. The maximum Gasteiger partial charge on any atom is 0.297 e. The third-order valence-corrected chi connectivity index (χ3v) is 5.97. The first-order valence-electron chi connectivity index (χ1n) is 9.34. The van der Waals surface area contributed by atoms with Gasteiger partial charge in [-0.25, -0.2) is 0 Å². The summed E-state index contributed by atoms with van der Waals surface area (Å²) in [5.74, 6) is -0.299. The van der Waals surface area contributed by atoms with Gasteiger partial charge in [-0.1, -0.05) is 54.2 Å². The molecule has 1 amide bonds. The average Bonchev–Trinajstić information content (AvgIpc) is 3.35. The Morgan fingerprint density at radius 1 is 1.14 bits per heavy atom. The van der Waals surface area contributed by atoms with Gasteiger partial charge in [0.25, 0.3) is 5.91 Å². The molecule has 2 aromatic heterocycles. The first-order chi connectivity index (χ1) is 14.1. The zero-order valence-corrected chi connectivity index (χ0v) is 16.7. The number of anilines is 1. The SMILES string of the molecule is CCc1ccc(C2c3c(oc4ccc(C)cc4c3=O)C(=O)N2c2nncs2)cc1. The fourth-order valence-corrected chi connectivity index (χ4v) is 4.39. The van der Waals surface area contributed by atoms with Crippen molar-refractivity contribution in [1.29, 1.82) is 0 Å². The number of hydrogen-bond acceptors (Lipinski definition) is 6. The molecule has 0 saturated carbocycles. The minimum absolute atomic E-state index is 0.0751. The second-order valence-corrected chi connectivity index (χ2v) is 7.88. The molecule has 0 saturated heterocycles. The van der Waals surface area contributed by atoms with Gasteiger partial charge in [0.05, 0.1) is 17.0 Å². The van der Waals surface area contributed by atoms with Crippen LogP contribution in [0.15, 0.2) is 57.2 Å². The highest BCUT2D eigenvalue weighted by atomic mass is 32.1. The van der Waals surface area contributed by atoms with E-state index >= 15 is 0 Å². The number of benzene rings is 2. The Kier molecular flexibility index (Phi) is 4.06. The molecule has 29 heavy (non-hydrogen) atoms. The molecular formula is C22H17N3O3S. The summed E-state index contributed by atoms with van der Waals surface area (Å²) in [6.07, 6.45) is 0.909. The zero-order chi connectivity index (χ0) is 20.1. The molecule has 1 aliphatic rings. The molecule has 5 rings (SSSR count). The van der Waals surface area contributed by atoms with E-state index in [0.29, 0.717) is 21.7 Å². The normalized spacial score (nSPS) is 15.9. The van der Waals surface area contributed by atoms with Gasteiger partial charge in [0, 0.05) is 0 Å². The molecule has 1 aliphatic heterocycles. The average molecular weight is 403 g/mol. The molecule has 3 heterocycles. The van der Waals surface area contributed by atoms with Crippen LogP contribution in [-0.2, 0) is 6.42 Å². The third-order valence-electron chi connectivity index (χ3n) is 5.28. The van der Waals surface area contributed by atoms with E-state index in [9.17, 15) is 9.59 Å². The molecule has 2 aromatic carbocycles. The summed E-state index contributed by atoms with van der Waals surface area (Å²) in [4.78, 5) is 28.3. The van der Waals surface area contributed by atoms with Crippen molar-refractivity contribution in [2.45, 2.75) is 26.3 Å². The van der Waals surface area contributed by atoms with E-state index in [-0.39, 0.29) is 17.1 Å². The molecule has 144 valence electrons. The number of rotatable bonds is 3. The smallest absolute Gasteiger partial charge is 0.297 e. The standard InChI is InChI=1S/C22H17N3O3S/c1-3-13-5-7-14(8-6-13)18-17-19(26)15-10-12(2)4-9-16(15)28-20(17)21(27)25(18)22-24-23-11-29-22/h4-11,18H,3H2,1-2H3. The zero-order valence-electron chi connectivity index (χ0n) is 15.9. The Labute approximate surface area is 170 Å². The maximum absolute atomic E-state index is 13.5. The van der Waals surface area contributed by atoms with Crippen LogP contribution in [0.4, 0.5) is 5.13 Å². The van der Waals surface area contributed by atoms with E-state index in [2.05, 4.69) is 17.1 Å². The van der Waals surface area contributed by atoms with Gasteiger partial charge < -0.3 is 4.42 Å². The molecule has 6 nitrogen and oxygen atoms in total. The number of aromatic nitrogens is 2. The predicted octanol–water partition coefficient (Wildman–Crippen LogP) is 4.27. The number of carbonyl (C=O) groups is 1. The van der Waals surface area contributed by atoms with Gasteiger partial charge in [0.1, 0.15) is 11.1 Å². The van der Waals surface area contributed by atoms with Gasteiger partial charge >= 0.3 is 0 Å². The van der Waals surface area contributed by atoms with E-state index in [0.717, 1.165) is 17.5 Å². The molecule has 0 bridgehead atoms. The van der Waals surface area contributed by atoms with Gasteiger partial charge in [-0.2, -0.15) is 0 Å². The first kappa shape index (κ1) is 17.8. The molecular weight excluding hydrogens is 386 g/mol. The lowest BCUT2D eigenvalue weighted by Gasteiger charge is -2.22. The Balaban J connectivity index is 1.80. The number of aryl methyl sites for hydroxylation is 2. The van der Waals surface area contributed by atoms with E-state index < -0.39 is 6.04 Å². The fourth-order valence-electron chi connectivity index (χ4n) is 3.81. The van der Waals surface area contributed by atoms with Crippen LogP contribution in [0.3, 0.4) is 0 Å². The second kappa shape index (κ2) is 6.63. The molecule has 0 N–H and O–H groups in total. The molecule has 1 atom stereocenters. The van der Waals surface area contributed by atoms with Crippen LogP contribution in [0.2, 0.25) is 0 Å². The quantitative estimate of drug-likeness (QED) is 0.511. The summed E-state index contributed by atoms with van der Waals surface area (Å²) in [5.41, 5.74) is 5.12. The van der Waals surface area contributed by atoms with Gasteiger partial charge in [-0.3, -0.25) is 14.5 Å². The highest BCUT2D eigenvalue weighted by Gasteiger charge is 2.44. The molecule has 0 radical (unpaired) electrons. The molecule has 7 heteroatoms. The lowest BCUT2D eigenvalue weighted by atomic mass is 9.97. The summed E-state index contributed by atoms with van der Waals surface area (Å²) < 4.78 is 5.94. The van der Waals surface area contributed by atoms with Crippen molar-refractivity contribution >= 4 is 33.3 Å². The predicted molar refractivity (Wildman–Crippen MR) is 112 cm³/mol. The number of fused-ring (bicyclic) bond motifs is 2. The second-order valence-electron chi connectivity index (χ2n) is 7.07. The highest BCUT2D eigenvalue weighted by Crippen LogP contribution is 2.41. The van der Waals surface area contributed by atoms with Crippen molar-refractivity contribution in [3.8, 4) is 0 Å². The lowest BCUT2D eigenvalue weighted by molar-refractivity contribution is 0.0970. The summed E-state index contributed by atoms with van der Waals surface area (Å²) in [5, 5.41) is 8.87. The van der Waals surface area contributed by atoms with Crippen LogP contribution in [0.1, 0.15) is 45.8 Å². The lowest BCUT2D eigenvalue weighted by Crippen LogP contribution is -2.29. The highest BCUT2D eigenvalue weighted by molar-refractivity contribution is 7.13. The van der Waals surface area contributed by atoms with Crippen LogP contribution in [0, 0.1) is 6.92 Å². The maximum atomic E-state index is 13.5. The van der Waals surface area contributed by atoms with E-state index in [4.69, 9.17) is 4.42 Å². The number of nitrogens with zero attached hydrogens (tertiary/aromatic N) is 3. The molecule has 0 aliphatic carbocycles. The third kappa shape index (κ3) is 2.69. The Morgan fingerprint density at radius 2 is 1.93 bits per heavy atom. The molecule has 0 fully saturated rings. The largest absolute Gasteiger partial charge is 0.450 e. The Bertz CT molecular complexity index is 1290. The summed E-state index contributed by atoms with van der Waals surface area (Å²) in [6, 6.07) is 12.7. The van der Waals surface area contributed by atoms with Gasteiger partial charge in [-0.15, -0.1) is 10.2 Å². The summed E-state index contributed by atoms with van der Waals surface area (Å²) >= 11 is 1.25. The van der Waals surface area contributed by atoms with Crippen molar-refractivity contribution in [2.75, 3.05) is 4.90 Å². The topological polar surface area (TPSA) is 76.3 Å². The first-order valence-corrected chi connectivity index (χ1v) is 10.2. The van der Waals surface area contributed by atoms with E-state index in [1.165, 1.54) is 21.8 Å². The van der Waals surface area contributed by atoms with Crippen molar-refractivity contribution in [2.24, 2.45) is 0 Å². The minimum atomic E-state index is -0.600. The van der Waals surface area contributed by atoms with Crippen molar-refractivity contribution in [3.63, 3.8) is 0 Å². The minimum Gasteiger partial charge on any atom is -0.450 e. The molecule has 1 unspecified atom stereocenters. The van der Waals surface area contributed by atoms with Crippen molar-refractivity contribution < 1.29 is 9.21 Å². The van der Waals surface area contributed by atoms with Crippen LogP contribution in [0.5, 0.6) is 0 Å². The van der Waals surface area contributed by atoms with E-state index in [1.54, 1.807) is 17.6 Å². The summed E-state index contributed by atoms with van der Waals surface area (Å²) in [7, 11) is 0. The Morgan fingerprint density at radius 3 is 2.62 bits per heavy atom. The van der Waals surface area contributed by atoms with E-state index in [1.807, 2.05) is 37.3 Å². The molecule has 4 aromatic rings. The van der Waals surface area contributed by atoms with Crippen LogP contribution in [0.25, 0.3) is 11.0 Å². The number of amides is 1. The number of carbonyl (C=O) groups excluding carboxylic acids is 1. The van der Waals surface area contributed by atoms with Gasteiger partial charge in [-0.05, 0) is 36.6 Å². The van der Waals surface area contributed by atoms with Crippen molar-refractivity contribution in [1.82, 2.24) is 10.2 Å². The fraction of sp³-hybridized carbons (Fsp3) is 0.182. The van der Waals surface area contributed by atoms with Crippen LogP contribution in [-0.4, -0.2) is 16.1 Å². The monoisotopic (exact) mass is 403 g/mol. The Hall–Kier alpha value is -3.32. The van der Waals surface area contributed by atoms with Gasteiger partial charge in [0.15, 0.2) is 5.43 Å².